The van der Waals surface area contributed by atoms with Crippen molar-refractivity contribution in [1.29, 1.82) is 5.26 Å². The van der Waals surface area contributed by atoms with Gasteiger partial charge in [-0.1, -0.05) is 0 Å². The van der Waals surface area contributed by atoms with Gasteiger partial charge in [-0.2, -0.15) is 5.26 Å². The number of nitrogens with one attached hydrogen (secondary N) is 1. The molecule has 0 bridgehead atoms. The van der Waals surface area contributed by atoms with Gasteiger partial charge in [0.05, 0.1) is 13.5 Å². The maximum atomic E-state index is 12.0. The number of hydrogen-bond donors (Lipinski definition) is 1. The fourth-order valence-electron chi connectivity index (χ4n) is 1.86. The number of nitrogens with zero attached hydrogens (tertiary/aromatic N) is 2. The molecule has 0 aromatic rings. The Morgan fingerprint density at radius 3 is 2.63 bits per heavy atom. The van der Waals surface area contributed by atoms with Gasteiger partial charge < -0.3 is 15.0 Å². The first-order chi connectivity index (χ1) is 9.19. The molecular weight excluding hydrogens is 246 g/mol. The smallest absolute Gasteiger partial charge is 0.307 e. The van der Waals surface area contributed by atoms with E-state index in [-0.39, 0.29) is 23.9 Å². The molecule has 104 valence electrons. The van der Waals surface area contributed by atoms with Gasteiger partial charge in [-0.25, -0.2) is 0 Å². The number of likely N-dealkylation sites (tertiary alicyclic amines) is 1. The number of methoxy groups -OCH3 is 1. The van der Waals surface area contributed by atoms with Gasteiger partial charge in [0.1, 0.15) is 11.6 Å². The van der Waals surface area contributed by atoms with Crippen molar-refractivity contribution in [2.75, 3.05) is 26.7 Å². The summed E-state index contributed by atoms with van der Waals surface area (Å²) in [6.07, 6.45) is 4.68. The van der Waals surface area contributed by atoms with Crippen molar-refractivity contribution in [3.63, 3.8) is 0 Å². The maximum Gasteiger partial charge on any atom is 0.307 e. The molecule has 0 aliphatic carbocycles. The minimum absolute atomic E-state index is 0.0757. The van der Waals surface area contributed by atoms with Crippen LogP contribution in [0, 0.1) is 11.3 Å². The van der Waals surface area contributed by atoms with Gasteiger partial charge >= 0.3 is 5.97 Å². The molecule has 6 heteroatoms. The lowest BCUT2D eigenvalue weighted by molar-refractivity contribution is -0.140. The van der Waals surface area contributed by atoms with Crippen LogP contribution in [-0.4, -0.2) is 43.5 Å². The fourth-order valence-corrected chi connectivity index (χ4v) is 1.86. The van der Waals surface area contributed by atoms with Crippen molar-refractivity contribution in [1.82, 2.24) is 10.2 Å². The van der Waals surface area contributed by atoms with E-state index in [4.69, 9.17) is 5.26 Å². The number of ether oxygens (including phenoxy) is 1. The standard InChI is InChI=1S/C13H19N3O3/c1-19-12(17)5-6-15-10-11(9-14)13(18)16-7-3-2-4-8-16/h10,15H,2-8H2,1H3/b11-10-. The Bertz CT molecular complexity index is 392. The molecule has 0 aromatic carbocycles. The van der Waals surface area contributed by atoms with Crippen LogP contribution in [0.4, 0.5) is 0 Å². The van der Waals surface area contributed by atoms with Crippen molar-refractivity contribution >= 4 is 11.9 Å². The summed E-state index contributed by atoms with van der Waals surface area (Å²) in [6, 6.07) is 1.89. The summed E-state index contributed by atoms with van der Waals surface area (Å²) < 4.78 is 4.49. The van der Waals surface area contributed by atoms with Crippen molar-refractivity contribution in [2.45, 2.75) is 25.7 Å². The van der Waals surface area contributed by atoms with Crippen molar-refractivity contribution in [3.8, 4) is 6.07 Å². The molecule has 1 rings (SSSR count). The first kappa shape index (κ1) is 15.0. The zero-order chi connectivity index (χ0) is 14.1. The number of piperidine rings is 1. The number of hydrogen-bond acceptors (Lipinski definition) is 5. The second-order valence-electron chi connectivity index (χ2n) is 4.30. The topological polar surface area (TPSA) is 82.4 Å². The fraction of sp³-hybridized carbons (Fsp3) is 0.615. The summed E-state index contributed by atoms with van der Waals surface area (Å²) in [5.74, 6) is -0.575. The van der Waals surface area contributed by atoms with Crippen LogP contribution in [0.15, 0.2) is 11.8 Å². The summed E-state index contributed by atoms with van der Waals surface area (Å²) in [6.45, 7) is 1.76. The van der Waals surface area contributed by atoms with Crippen LogP contribution in [-0.2, 0) is 14.3 Å². The van der Waals surface area contributed by atoms with Crippen molar-refractivity contribution < 1.29 is 14.3 Å². The zero-order valence-corrected chi connectivity index (χ0v) is 11.1. The van der Waals surface area contributed by atoms with E-state index in [9.17, 15) is 9.59 Å². The molecular formula is C13H19N3O3. The summed E-state index contributed by atoms with van der Waals surface area (Å²) in [5, 5.41) is 11.8. The SMILES string of the molecule is COC(=O)CCN/C=C(/C#N)C(=O)N1CCCCC1. The van der Waals surface area contributed by atoms with Crippen LogP contribution in [0.5, 0.6) is 0 Å². The molecule has 1 heterocycles. The number of rotatable bonds is 5. The largest absolute Gasteiger partial charge is 0.469 e. The lowest BCUT2D eigenvalue weighted by atomic mass is 10.1. The second kappa shape index (κ2) is 8.14. The average molecular weight is 265 g/mol. The summed E-state index contributed by atoms with van der Waals surface area (Å²) in [5.41, 5.74) is 0.0757. The minimum atomic E-state index is -0.332. The molecule has 1 aliphatic rings. The summed E-state index contributed by atoms with van der Waals surface area (Å²) >= 11 is 0. The number of carbonyl (C=O) groups is 2. The highest BCUT2D eigenvalue weighted by atomic mass is 16.5. The van der Waals surface area contributed by atoms with E-state index in [1.165, 1.54) is 13.3 Å². The van der Waals surface area contributed by atoms with Gasteiger partial charge in [0.15, 0.2) is 0 Å². The number of nitriles is 1. The lowest BCUT2D eigenvalue weighted by Crippen LogP contribution is -2.36. The normalized spacial score (nSPS) is 15.6. The Morgan fingerprint density at radius 1 is 1.37 bits per heavy atom. The van der Waals surface area contributed by atoms with Crippen LogP contribution in [0.1, 0.15) is 25.7 Å². The highest BCUT2D eigenvalue weighted by molar-refractivity contribution is 5.97. The summed E-state index contributed by atoms with van der Waals surface area (Å²) in [7, 11) is 1.32. The Kier molecular flexibility index (Phi) is 6.44. The Morgan fingerprint density at radius 2 is 2.05 bits per heavy atom. The Labute approximate surface area is 113 Å². The van der Waals surface area contributed by atoms with Gasteiger partial charge in [-0.15, -0.1) is 0 Å². The van der Waals surface area contributed by atoms with Crippen LogP contribution in [0.3, 0.4) is 0 Å². The molecule has 0 aromatic heterocycles. The highest BCUT2D eigenvalue weighted by Crippen LogP contribution is 2.11. The van der Waals surface area contributed by atoms with Gasteiger partial charge in [0, 0.05) is 25.8 Å². The minimum Gasteiger partial charge on any atom is -0.469 e. The molecule has 1 amide bonds. The maximum absolute atomic E-state index is 12.0. The predicted octanol–water partition coefficient (Wildman–Crippen LogP) is 0.559. The Hall–Kier alpha value is -2.03. The van der Waals surface area contributed by atoms with Crippen molar-refractivity contribution in [3.05, 3.63) is 11.8 Å². The van der Waals surface area contributed by atoms with E-state index in [0.29, 0.717) is 19.6 Å². The third-order valence-electron chi connectivity index (χ3n) is 2.94. The predicted molar refractivity (Wildman–Crippen MR) is 68.8 cm³/mol. The molecule has 0 spiro atoms. The molecule has 0 unspecified atom stereocenters. The first-order valence-corrected chi connectivity index (χ1v) is 6.38. The van der Waals surface area contributed by atoms with Crippen molar-refractivity contribution in [2.24, 2.45) is 0 Å². The quantitative estimate of drug-likeness (QED) is 0.340. The third-order valence-corrected chi connectivity index (χ3v) is 2.94. The molecule has 6 nitrogen and oxygen atoms in total. The van der Waals surface area contributed by atoms with E-state index < -0.39 is 0 Å². The van der Waals surface area contributed by atoms with Gasteiger partial charge in [0.25, 0.3) is 5.91 Å². The van der Waals surface area contributed by atoms with Gasteiger partial charge in [-0.3, -0.25) is 9.59 Å². The molecule has 0 saturated carbocycles. The highest BCUT2D eigenvalue weighted by Gasteiger charge is 2.19. The van der Waals surface area contributed by atoms with E-state index in [1.54, 1.807) is 4.90 Å². The third kappa shape index (κ3) is 5.00. The summed E-state index contributed by atoms with van der Waals surface area (Å²) in [4.78, 5) is 24.6. The van der Waals surface area contributed by atoms with E-state index in [0.717, 1.165) is 19.3 Å². The van der Waals surface area contributed by atoms with E-state index in [1.807, 2.05) is 6.07 Å². The van der Waals surface area contributed by atoms with Crippen LogP contribution >= 0.6 is 0 Å². The molecule has 1 saturated heterocycles. The number of carbonyl (C=O) groups excluding carboxylic acids is 2. The van der Waals surface area contributed by atoms with Gasteiger partial charge in [-0.05, 0) is 19.3 Å². The molecule has 1 N–H and O–H groups in total. The molecule has 0 atom stereocenters. The zero-order valence-electron chi connectivity index (χ0n) is 11.1. The molecule has 1 fully saturated rings. The molecule has 1 aliphatic heterocycles. The lowest BCUT2D eigenvalue weighted by Gasteiger charge is -2.26. The van der Waals surface area contributed by atoms with E-state index >= 15 is 0 Å². The molecule has 0 radical (unpaired) electrons. The van der Waals surface area contributed by atoms with Crippen LogP contribution in [0.2, 0.25) is 0 Å². The number of amides is 1. The number of esters is 1. The van der Waals surface area contributed by atoms with Gasteiger partial charge in [0.2, 0.25) is 0 Å². The van der Waals surface area contributed by atoms with Crippen LogP contribution < -0.4 is 5.32 Å². The first-order valence-electron chi connectivity index (χ1n) is 6.38. The second-order valence-corrected chi connectivity index (χ2v) is 4.30. The molecule has 19 heavy (non-hydrogen) atoms. The van der Waals surface area contributed by atoms with Crippen LogP contribution in [0.25, 0.3) is 0 Å². The average Bonchev–Trinajstić information content (AvgIpc) is 2.47. The Balaban J connectivity index is 2.45. The monoisotopic (exact) mass is 265 g/mol. The van der Waals surface area contributed by atoms with E-state index in [2.05, 4.69) is 10.1 Å².